The molecule has 18 heavy (non-hydrogen) atoms. The Labute approximate surface area is 107 Å². The number of carbonyl (C=O) groups is 2. The number of anilines is 1. The Bertz CT molecular complexity index is 429. The normalized spacial score (nSPS) is 11.1. The molecule has 0 heterocycles. The zero-order valence-electron chi connectivity index (χ0n) is 11.0. The smallest absolute Gasteiger partial charge is 0.303 e. The van der Waals surface area contributed by atoms with E-state index in [4.69, 9.17) is 5.11 Å². The molecule has 1 aromatic carbocycles. The van der Waals surface area contributed by atoms with Crippen LogP contribution in [0.3, 0.4) is 0 Å². The quantitative estimate of drug-likeness (QED) is 0.862. The van der Waals surface area contributed by atoms with Gasteiger partial charge in [-0.1, -0.05) is 32.9 Å². The Kier molecular flexibility index (Phi) is 4.48. The monoisotopic (exact) mass is 249 g/mol. The summed E-state index contributed by atoms with van der Waals surface area (Å²) in [6.45, 7) is 5.55. The highest BCUT2D eigenvalue weighted by Crippen LogP contribution is 2.18. The van der Waals surface area contributed by atoms with Crippen molar-refractivity contribution in [3.05, 3.63) is 29.8 Å². The maximum absolute atomic E-state index is 11.7. The number of hydrogen-bond donors (Lipinski definition) is 2. The number of carboxylic acids is 1. The molecule has 0 radical (unpaired) electrons. The van der Waals surface area contributed by atoms with Gasteiger partial charge in [-0.25, -0.2) is 0 Å². The van der Waals surface area contributed by atoms with Crippen molar-refractivity contribution in [2.45, 2.75) is 33.6 Å². The molecule has 0 saturated heterocycles. The zero-order valence-corrected chi connectivity index (χ0v) is 11.0. The van der Waals surface area contributed by atoms with Crippen molar-refractivity contribution in [1.82, 2.24) is 0 Å². The van der Waals surface area contributed by atoms with Gasteiger partial charge in [0.05, 0.1) is 0 Å². The van der Waals surface area contributed by atoms with Gasteiger partial charge in [-0.3, -0.25) is 9.59 Å². The summed E-state index contributed by atoms with van der Waals surface area (Å²) in [6.07, 6.45) is 0.622. The number of benzene rings is 1. The highest BCUT2D eigenvalue weighted by atomic mass is 16.4. The topological polar surface area (TPSA) is 66.4 Å². The van der Waals surface area contributed by atoms with Gasteiger partial charge in [-0.05, 0) is 24.1 Å². The molecule has 0 aliphatic rings. The molecule has 98 valence electrons. The number of rotatable bonds is 4. The first-order valence-electron chi connectivity index (χ1n) is 5.91. The fourth-order valence-corrected chi connectivity index (χ4v) is 1.32. The average Bonchev–Trinajstić information content (AvgIpc) is 2.26. The lowest BCUT2D eigenvalue weighted by Crippen LogP contribution is -2.27. The van der Waals surface area contributed by atoms with E-state index in [-0.39, 0.29) is 12.3 Å². The largest absolute Gasteiger partial charge is 0.481 e. The molecule has 0 fully saturated rings. The van der Waals surface area contributed by atoms with Gasteiger partial charge in [0.15, 0.2) is 0 Å². The summed E-state index contributed by atoms with van der Waals surface area (Å²) < 4.78 is 0. The van der Waals surface area contributed by atoms with Crippen LogP contribution in [0, 0.1) is 5.41 Å². The van der Waals surface area contributed by atoms with Crippen LogP contribution in [0.15, 0.2) is 24.3 Å². The number of aliphatic carboxylic acids is 1. The second-order valence-electron chi connectivity index (χ2n) is 5.29. The molecule has 0 unspecified atom stereocenters. The molecule has 4 nitrogen and oxygen atoms in total. The van der Waals surface area contributed by atoms with Gasteiger partial charge >= 0.3 is 5.97 Å². The van der Waals surface area contributed by atoms with Gasteiger partial charge in [0, 0.05) is 17.5 Å². The lowest BCUT2D eigenvalue weighted by atomic mass is 9.95. The van der Waals surface area contributed by atoms with Gasteiger partial charge < -0.3 is 10.4 Å². The second-order valence-corrected chi connectivity index (χ2v) is 5.29. The molecule has 0 atom stereocenters. The molecule has 0 aliphatic heterocycles. The molecule has 0 bridgehead atoms. The molecule has 2 N–H and O–H groups in total. The highest BCUT2D eigenvalue weighted by Gasteiger charge is 2.20. The van der Waals surface area contributed by atoms with Gasteiger partial charge in [-0.15, -0.1) is 0 Å². The number of carbonyl (C=O) groups excluding carboxylic acids is 1. The summed E-state index contributed by atoms with van der Waals surface area (Å²) in [5, 5.41) is 11.4. The van der Waals surface area contributed by atoms with Crippen molar-refractivity contribution in [1.29, 1.82) is 0 Å². The van der Waals surface area contributed by atoms with E-state index in [1.165, 1.54) is 0 Å². The van der Waals surface area contributed by atoms with Crippen LogP contribution < -0.4 is 5.32 Å². The fraction of sp³-hybridized carbons (Fsp3) is 0.429. The van der Waals surface area contributed by atoms with E-state index in [9.17, 15) is 9.59 Å². The van der Waals surface area contributed by atoms with Crippen LogP contribution in [0.1, 0.15) is 32.8 Å². The van der Waals surface area contributed by atoms with E-state index >= 15 is 0 Å². The van der Waals surface area contributed by atoms with Crippen LogP contribution in [0.5, 0.6) is 0 Å². The first-order valence-corrected chi connectivity index (χ1v) is 5.91. The van der Waals surface area contributed by atoms with E-state index < -0.39 is 11.4 Å². The van der Waals surface area contributed by atoms with Gasteiger partial charge in [-0.2, -0.15) is 0 Å². The Morgan fingerprint density at radius 2 is 1.72 bits per heavy atom. The van der Waals surface area contributed by atoms with E-state index in [1.54, 1.807) is 12.1 Å². The van der Waals surface area contributed by atoms with Crippen LogP contribution in [-0.2, 0) is 16.0 Å². The summed E-state index contributed by atoms with van der Waals surface area (Å²) in [6, 6.07) is 7.25. The molecule has 0 aliphatic carbocycles. The third-order valence-electron chi connectivity index (χ3n) is 2.52. The summed E-state index contributed by atoms with van der Waals surface area (Å²) in [5.74, 6) is -0.846. The standard InChI is InChI=1S/C14H19NO3/c1-14(2,3)13(18)15-11-7-4-10(5-8-11)6-9-12(16)17/h4-5,7-8H,6,9H2,1-3H3,(H,15,18)(H,16,17). The first-order chi connectivity index (χ1) is 8.29. The van der Waals surface area contributed by atoms with Crippen molar-refractivity contribution in [3.63, 3.8) is 0 Å². The Balaban J connectivity index is 2.60. The van der Waals surface area contributed by atoms with E-state index in [1.807, 2.05) is 32.9 Å². The minimum Gasteiger partial charge on any atom is -0.481 e. The van der Waals surface area contributed by atoms with Gasteiger partial charge in [0.2, 0.25) is 5.91 Å². The van der Waals surface area contributed by atoms with Crippen molar-refractivity contribution < 1.29 is 14.7 Å². The van der Waals surface area contributed by atoms with Crippen molar-refractivity contribution in [2.24, 2.45) is 5.41 Å². The maximum Gasteiger partial charge on any atom is 0.303 e. The SMILES string of the molecule is CC(C)(C)C(=O)Nc1ccc(CCC(=O)O)cc1. The lowest BCUT2D eigenvalue weighted by Gasteiger charge is -2.17. The van der Waals surface area contributed by atoms with Crippen molar-refractivity contribution >= 4 is 17.6 Å². The van der Waals surface area contributed by atoms with Gasteiger partial charge in [0.1, 0.15) is 0 Å². The minimum absolute atomic E-state index is 0.0409. The van der Waals surface area contributed by atoms with Crippen LogP contribution >= 0.6 is 0 Å². The van der Waals surface area contributed by atoms with Gasteiger partial charge in [0.25, 0.3) is 0 Å². The first kappa shape index (κ1) is 14.2. The summed E-state index contributed by atoms with van der Waals surface area (Å²) >= 11 is 0. The Morgan fingerprint density at radius 3 is 2.17 bits per heavy atom. The molecular formula is C14H19NO3. The van der Waals surface area contributed by atoms with E-state index in [2.05, 4.69) is 5.32 Å². The summed E-state index contributed by atoms with van der Waals surface area (Å²) in [7, 11) is 0. The zero-order chi connectivity index (χ0) is 13.8. The third kappa shape index (κ3) is 4.57. The molecule has 1 rings (SSSR count). The van der Waals surface area contributed by atoms with Crippen LogP contribution in [0.2, 0.25) is 0 Å². The van der Waals surface area contributed by atoms with Crippen molar-refractivity contribution in [2.75, 3.05) is 5.32 Å². The number of nitrogens with one attached hydrogen (secondary N) is 1. The molecule has 1 amide bonds. The fourth-order valence-electron chi connectivity index (χ4n) is 1.32. The predicted molar refractivity (Wildman–Crippen MR) is 70.5 cm³/mol. The van der Waals surface area contributed by atoms with E-state index in [0.29, 0.717) is 6.42 Å². The molecule has 4 heteroatoms. The number of aryl methyl sites for hydroxylation is 1. The van der Waals surface area contributed by atoms with Crippen molar-refractivity contribution in [3.8, 4) is 0 Å². The average molecular weight is 249 g/mol. The maximum atomic E-state index is 11.7. The third-order valence-corrected chi connectivity index (χ3v) is 2.52. The molecule has 1 aromatic rings. The summed E-state index contributed by atoms with van der Waals surface area (Å²) in [4.78, 5) is 22.2. The molecule has 0 spiro atoms. The number of hydrogen-bond acceptors (Lipinski definition) is 2. The Morgan fingerprint density at radius 1 is 1.17 bits per heavy atom. The molecular weight excluding hydrogens is 230 g/mol. The van der Waals surface area contributed by atoms with Crippen LogP contribution in [0.25, 0.3) is 0 Å². The van der Waals surface area contributed by atoms with E-state index in [0.717, 1.165) is 11.3 Å². The minimum atomic E-state index is -0.805. The number of carboxylic acid groups (broad SMARTS) is 1. The highest BCUT2D eigenvalue weighted by molar-refractivity contribution is 5.94. The molecule has 0 saturated carbocycles. The second kappa shape index (κ2) is 5.67. The summed E-state index contributed by atoms with van der Waals surface area (Å²) in [5.41, 5.74) is 1.25. The number of amides is 1. The predicted octanol–water partition coefficient (Wildman–Crippen LogP) is 2.69. The Hall–Kier alpha value is -1.84. The lowest BCUT2D eigenvalue weighted by molar-refractivity contribution is -0.137. The van der Waals surface area contributed by atoms with Crippen LogP contribution in [0.4, 0.5) is 5.69 Å². The van der Waals surface area contributed by atoms with Crippen LogP contribution in [-0.4, -0.2) is 17.0 Å². The molecule has 0 aromatic heterocycles.